The number of halogens is 1. The maximum absolute atomic E-state index is 5.14. The molecule has 0 aromatic heterocycles. The lowest BCUT2D eigenvalue weighted by Gasteiger charge is -2.04. The summed E-state index contributed by atoms with van der Waals surface area (Å²) in [6, 6.07) is 18.6. The van der Waals surface area contributed by atoms with Crippen LogP contribution >= 0.6 is 12.4 Å². The van der Waals surface area contributed by atoms with Crippen molar-refractivity contribution in [3.05, 3.63) is 71.8 Å². The molecule has 0 saturated carbocycles. The van der Waals surface area contributed by atoms with E-state index in [4.69, 9.17) is 4.74 Å². The lowest BCUT2D eigenvalue weighted by atomic mass is 10.1. The van der Waals surface area contributed by atoms with E-state index < -0.39 is 0 Å². The number of hydrogen-bond donors (Lipinski definition) is 1. The van der Waals surface area contributed by atoms with Crippen molar-refractivity contribution in [1.29, 1.82) is 0 Å². The molecule has 0 unspecified atom stereocenters. The molecule has 0 spiro atoms. The van der Waals surface area contributed by atoms with Crippen LogP contribution < -0.4 is 10.1 Å². The van der Waals surface area contributed by atoms with Crippen LogP contribution in [0.5, 0.6) is 5.75 Å². The quantitative estimate of drug-likeness (QED) is 0.782. The predicted molar refractivity (Wildman–Crippen MR) is 92.3 cm³/mol. The Morgan fingerprint density at radius 1 is 1.00 bits per heavy atom. The second kappa shape index (κ2) is 10.0. The molecule has 0 heterocycles. The Bertz CT molecular complexity index is 523. The number of methoxy groups -OCH3 is 1. The van der Waals surface area contributed by atoms with Crippen molar-refractivity contribution in [1.82, 2.24) is 5.32 Å². The molecule has 2 nitrogen and oxygen atoms in total. The SMILES string of the molecule is COc1ccc(CCNC/C=C/c2ccccc2)cc1.Cl. The first-order valence-electron chi connectivity index (χ1n) is 6.94. The molecule has 0 amide bonds. The van der Waals surface area contributed by atoms with Gasteiger partial charge >= 0.3 is 0 Å². The summed E-state index contributed by atoms with van der Waals surface area (Å²) in [5.41, 5.74) is 2.56. The van der Waals surface area contributed by atoms with Gasteiger partial charge in [0, 0.05) is 6.54 Å². The minimum atomic E-state index is 0. The molecule has 0 bridgehead atoms. The first-order chi connectivity index (χ1) is 9.88. The number of ether oxygens (including phenoxy) is 1. The third-order valence-electron chi connectivity index (χ3n) is 3.12. The third kappa shape index (κ3) is 6.48. The fourth-order valence-electron chi connectivity index (χ4n) is 1.97. The number of nitrogens with one attached hydrogen (secondary N) is 1. The van der Waals surface area contributed by atoms with Gasteiger partial charge in [-0.25, -0.2) is 0 Å². The highest BCUT2D eigenvalue weighted by atomic mass is 35.5. The Morgan fingerprint density at radius 2 is 1.71 bits per heavy atom. The summed E-state index contributed by atoms with van der Waals surface area (Å²) in [5.74, 6) is 0.910. The van der Waals surface area contributed by atoms with E-state index in [0.29, 0.717) is 0 Å². The standard InChI is InChI=1S/C18H21NO.ClH/c1-20-18-11-9-17(10-12-18)13-15-19-14-5-8-16-6-3-2-4-7-16;/h2-12,19H,13-15H2,1H3;1H/b8-5+;. The van der Waals surface area contributed by atoms with Gasteiger partial charge in [0.2, 0.25) is 0 Å². The summed E-state index contributed by atoms with van der Waals surface area (Å²) < 4.78 is 5.14. The van der Waals surface area contributed by atoms with Crippen molar-refractivity contribution in [2.75, 3.05) is 20.2 Å². The number of hydrogen-bond acceptors (Lipinski definition) is 2. The lowest BCUT2D eigenvalue weighted by Crippen LogP contribution is -2.16. The highest BCUT2D eigenvalue weighted by Crippen LogP contribution is 2.11. The van der Waals surface area contributed by atoms with Crippen molar-refractivity contribution >= 4 is 18.5 Å². The van der Waals surface area contributed by atoms with Gasteiger partial charge in [-0.1, -0.05) is 54.6 Å². The van der Waals surface area contributed by atoms with Crippen LogP contribution in [0.1, 0.15) is 11.1 Å². The molecule has 0 aliphatic heterocycles. The van der Waals surface area contributed by atoms with Gasteiger partial charge in [0.05, 0.1) is 7.11 Å². The first-order valence-corrected chi connectivity index (χ1v) is 6.94. The summed E-state index contributed by atoms with van der Waals surface area (Å²) in [7, 11) is 1.69. The molecule has 2 aromatic carbocycles. The third-order valence-corrected chi connectivity index (χ3v) is 3.12. The van der Waals surface area contributed by atoms with Crippen LogP contribution in [0.25, 0.3) is 6.08 Å². The largest absolute Gasteiger partial charge is 0.497 e. The number of benzene rings is 2. The van der Waals surface area contributed by atoms with E-state index in [1.54, 1.807) is 7.11 Å². The van der Waals surface area contributed by atoms with E-state index in [1.165, 1.54) is 11.1 Å². The maximum atomic E-state index is 5.14. The molecule has 3 heteroatoms. The predicted octanol–water partition coefficient (Wildman–Crippen LogP) is 3.96. The molecule has 21 heavy (non-hydrogen) atoms. The molecular weight excluding hydrogens is 282 g/mol. The Balaban J connectivity index is 0.00000220. The van der Waals surface area contributed by atoms with E-state index in [0.717, 1.165) is 25.3 Å². The monoisotopic (exact) mass is 303 g/mol. The number of rotatable bonds is 7. The highest BCUT2D eigenvalue weighted by Gasteiger charge is 1.93. The maximum Gasteiger partial charge on any atom is 0.118 e. The normalized spacial score (nSPS) is 10.3. The van der Waals surface area contributed by atoms with Gasteiger partial charge in [-0.15, -0.1) is 12.4 Å². The van der Waals surface area contributed by atoms with Crippen molar-refractivity contribution in [2.24, 2.45) is 0 Å². The molecule has 0 saturated heterocycles. The molecule has 0 aliphatic rings. The average molecular weight is 304 g/mol. The van der Waals surface area contributed by atoms with Gasteiger partial charge in [0.1, 0.15) is 5.75 Å². The Hall–Kier alpha value is -1.77. The molecule has 1 N–H and O–H groups in total. The van der Waals surface area contributed by atoms with E-state index in [1.807, 2.05) is 18.2 Å². The van der Waals surface area contributed by atoms with Gasteiger partial charge in [-0.05, 0) is 36.2 Å². The molecule has 0 atom stereocenters. The highest BCUT2D eigenvalue weighted by molar-refractivity contribution is 5.85. The van der Waals surface area contributed by atoms with Crippen LogP contribution in [-0.2, 0) is 6.42 Å². The second-order valence-electron chi connectivity index (χ2n) is 4.62. The van der Waals surface area contributed by atoms with Gasteiger partial charge in [-0.2, -0.15) is 0 Å². The Kier molecular flexibility index (Phi) is 8.25. The second-order valence-corrected chi connectivity index (χ2v) is 4.62. The molecule has 2 rings (SSSR count). The van der Waals surface area contributed by atoms with Crippen LogP contribution in [0, 0.1) is 0 Å². The van der Waals surface area contributed by atoms with Crippen LogP contribution in [0.3, 0.4) is 0 Å². The van der Waals surface area contributed by atoms with Crippen molar-refractivity contribution in [3.63, 3.8) is 0 Å². The molecule has 0 fully saturated rings. The summed E-state index contributed by atoms with van der Waals surface area (Å²) in [6.45, 7) is 1.87. The summed E-state index contributed by atoms with van der Waals surface area (Å²) in [6.07, 6.45) is 5.33. The molecule has 0 radical (unpaired) electrons. The first kappa shape index (κ1) is 17.3. The molecule has 112 valence electrons. The van der Waals surface area contributed by atoms with Crippen molar-refractivity contribution in [2.45, 2.75) is 6.42 Å². The van der Waals surface area contributed by atoms with E-state index in [9.17, 15) is 0 Å². The Morgan fingerprint density at radius 3 is 2.38 bits per heavy atom. The van der Waals surface area contributed by atoms with E-state index in [2.05, 4.69) is 53.9 Å². The zero-order valence-corrected chi connectivity index (χ0v) is 13.1. The van der Waals surface area contributed by atoms with Crippen LogP contribution in [0.15, 0.2) is 60.7 Å². The van der Waals surface area contributed by atoms with Crippen LogP contribution in [0.4, 0.5) is 0 Å². The summed E-state index contributed by atoms with van der Waals surface area (Å²) in [4.78, 5) is 0. The molecule has 2 aromatic rings. The fraction of sp³-hybridized carbons (Fsp3) is 0.222. The molecule has 0 aliphatic carbocycles. The summed E-state index contributed by atoms with van der Waals surface area (Å²) >= 11 is 0. The smallest absolute Gasteiger partial charge is 0.118 e. The minimum absolute atomic E-state index is 0. The zero-order valence-electron chi connectivity index (χ0n) is 12.3. The Labute approximate surface area is 133 Å². The van der Waals surface area contributed by atoms with Crippen molar-refractivity contribution < 1.29 is 4.74 Å². The van der Waals surface area contributed by atoms with E-state index >= 15 is 0 Å². The minimum Gasteiger partial charge on any atom is -0.497 e. The van der Waals surface area contributed by atoms with E-state index in [-0.39, 0.29) is 12.4 Å². The average Bonchev–Trinajstić information content (AvgIpc) is 2.52. The van der Waals surface area contributed by atoms with Crippen molar-refractivity contribution in [3.8, 4) is 5.75 Å². The van der Waals surface area contributed by atoms with Gasteiger partial charge < -0.3 is 10.1 Å². The van der Waals surface area contributed by atoms with Gasteiger partial charge in [-0.3, -0.25) is 0 Å². The van der Waals surface area contributed by atoms with Crippen LogP contribution in [0.2, 0.25) is 0 Å². The zero-order chi connectivity index (χ0) is 14.0. The summed E-state index contributed by atoms with van der Waals surface area (Å²) in [5, 5.41) is 3.41. The lowest BCUT2D eigenvalue weighted by molar-refractivity contribution is 0.414. The molecular formula is C18H22ClNO. The van der Waals surface area contributed by atoms with Gasteiger partial charge in [0.15, 0.2) is 0 Å². The van der Waals surface area contributed by atoms with Crippen LogP contribution in [-0.4, -0.2) is 20.2 Å². The topological polar surface area (TPSA) is 21.3 Å². The van der Waals surface area contributed by atoms with Gasteiger partial charge in [0.25, 0.3) is 0 Å². The fourth-order valence-corrected chi connectivity index (χ4v) is 1.97.